The quantitative estimate of drug-likeness (QED) is 0.329. The molecule has 10 heteroatoms. The Labute approximate surface area is 263 Å². The summed E-state index contributed by atoms with van der Waals surface area (Å²) in [7, 11) is 1.33. The average Bonchev–Trinajstić information content (AvgIpc) is 3.13. The molecule has 2 aromatic rings. The summed E-state index contributed by atoms with van der Waals surface area (Å²) in [5, 5.41) is 0.742. The number of fused-ring (bicyclic) bond motifs is 2. The van der Waals surface area contributed by atoms with Gasteiger partial charge in [-0.05, 0) is 101 Å². The van der Waals surface area contributed by atoms with Crippen LogP contribution in [0.5, 0.6) is 0 Å². The second kappa shape index (κ2) is 13.6. The van der Waals surface area contributed by atoms with Crippen LogP contribution in [0.3, 0.4) is 0 Å². The fraction of sp³-hybridized carbons (Fsp3) is 0.548. The summed E-state index contributed by atoms with van der Waals surface area (Å²) in [5.41, 5.74) is 4.99. The summed E-state index contributed by atoms with van der Waals surface area (Å²) >= 11 is 13.9. The number of hydrogen-bond acceptors (Lipinski definition) is 5. The normalized spacial score (nSPS) is 19.8. The summed E-state index contributed by atoms with van der Waals surface area (Å²) in [4.78, 5) is 45.9. The van der Waals surface area contributed by atoms with Crippen LogP contribution in [0.15, 0.2) is 33.3 Å². The molecule has 0 N–H and O–H groups in total. The lowest BCUT2D eigenvalue weighted by molar-refractivity contribution is -0.144. The average molecular weight is 710 g/mol. The Balaban J connectivity index is 1.20. The number of benzene rings is 1. The van der Waals surface area contributed by atoms with E-state index in [0.29, 0.717) is 25.4 Å². The lowest BCUT2D eigenvalue weighted by Gasteiger charge is -2.38. The number of ether oxygens (including phenoxy) is 1. The molecule has 3 heterocycles. The molecule has 0 saturated carbocycles. The molecule has 0 unspecified atom stereocenters. The molecule has 2 amide bonds. The van der Waals surface area contributed by atoms with E-state index in [-0.39, 0.29) is 42.5 Å². The molecule has 7 nitrogen and oxygen atoms in total. The largest absolute Gasteiger partial charge is 0.469 e. The minimum Gasteiger partial charge on any atom is -0.469 e. The summed E-state index contributed by atoms with van der Waals surface area (Å²) in [5.74, 6) is 0.654. The van der Waals surface area contributed by atoms with E-state index >= 15 is 0 Å². The maximum absolute atomic E-state index is 13.3. The molecule has 1 aromatic carbocycles. The monoisotopic (exact) mass is 707 g/mol. The van der Waals surface area contributed by atoms with E-state index < -0.39 is 0 Å². The standard InChI is InChI=1S/C31H36Br2ClN3O4/c1-41-28(40)5-4-26(38)36-10-6-19(7-11-36)14-27(39)37-12-8-20(9-13-37)30-29-21(16-24(34)17-25(29)33)2-3-22-15-23(32)18-35-31(22)30/h15-20,30H,2-14H2,1H3/t30-/m1/s1. The number of rotatable bonds is 6. The maximum atomic E-state index is 13.3. The van der Waals surface area contributed by atoms with Crippen LogP contribution in [0, 0.1) is 11.8 Å². The van der Waals surface area contributed by atoms with Gasteiger partial charge in [-0.15, -0.1) is 0 Å². The van der Waals surface area contributed by atoms with E-state index in [2.05, 4.69) is 48.7 Å². The molecule has 1 aromatic heterocycles. The first-order valence-corrected chi connectivity index (χ1v) is 16.4. The molecular weight excluding hydrogens is 674 g/mol. The zero-order valence-electron chi connectivity index (χ0n) is 23.3. The van der Waals surface area contributed by atoms with Crippen molar-refractivity contribution in [2.75, 3.05) is 33.3 Å². The Morgan fingerprint density at radius 1 is 0.927 bits per heavy atom. The molecule has 1 atom stereocenters. The van der Waals surface area contributed by atoms with Crippen LogP contribution in [-0.2, 0) is 32.0 Å². The highest BCUT2D eigenvalue weighted by Crippen LogP contribution is 2.46. The van der Waals surface area contributed by atoms with E-state index in [1.54, 1.807) is 0 Å². The lowest BCUT2D eigenvalue weighted by Crippen LogP contribution is -2.43. The lowest BCUT2D eigenvalue weighted by atomic mass is 9.76. The Morgan fingerprint density at radius 3 is 2.29 bits per heavy atom. The molecule has 220 valence electrons. The van der Waals surface area contributed by atoms with Gasteiger partial charge in [-0.3, -0.25) is 19.4 Å². The Morgan fingerprint density at radius 2 is 1.59 bits per heavy atom. The first-order valence-electron chi connectivity index (χ1n) is 14.5. The van der Waals surface area contributed by atoms with Crippen molar-refractivity contribution >= 4 is 61.2 Å². The van der Waals surface area contributed by atoms with Crippen molar-refractivity contribution in [2.45, 2.75) is 63.7 Å². The molecule has 0 bridgehead atoms. The molecule has 2 aliphatic heterocycles. The molecule has 1 aliphatic carbocycles. The fourth-order valence-corrected chi connectivity index (χ4v) is 8.24. The Bertz CT molecular complexity index is 1310. The van der Waals surface area contributed by atoms with E-state index in [1.807, 2.05) is 22.1 Å². The van der Waals surface area contributed by atoms with Gasteiger partial charge >= 0.3 is 5.97 Å². The summed E-state index contributed by atoms with van der Waals surface area (Å²) in [6, 6.07) is 6.30. The number of esters is 1. The van der Waals surface area contributed by atoms with Crippen molar-refractivity contribution in [3.63, 3.8) is 0 Å². The van der Waals surface area contributed by atoms with Gasteiger partial charge in [0.2, 0.25) is 11.8 Å². The molecular formula is C31H36Br2ClN3O4. The van der Waals surface area contributed by atoms with Gasteiger partial charge in [-0.2, -0.15) is 0 Å². The van der Waals surface area contributed by atoms with Crippen molar-refractivity contribution in [1.29, 1.82) is 0 Å². The van der Waals surface area contributed by atoms with E-state index in [9.17, 15) is 14.4 Å². The number of piperidine rings is 2. The van der Waals surface area contributed by atoms with Gasteiger partial charge < -0.3 is 14.5 Å². The molecule has 0 spiro atoms. The second-order valence-corrected chi connectivity index (χ2v) is 13.7. The third-order valence-corrected chi connectivity index (χ3v) is 10.3. The van der Waals surface area contributed by atoms with E-state index in [0.717, 1.165) is 71.3 Å². The van der Waals surface area contributed by atoms with Gasteiger partial charge in [0.05, 0.1) is 19.2 Å². The van der Waals surface area contributed by atoms with Gasteiger partial charge in [0.1, 0.15) is 0 Å². The van der Waals surface area contributed by atoms with Crippen LogP contribution in [0.25, 0.3) is 0 Å². The van der Waals surface area contributed by atoms with Crippen molar-refractivity contribution in [1.82, 2.24) is 14.8 Å². The van der Waals surface area contributed by atoms with Gasteiger partial charge in [0, 0.05) is 65.1 Å². The van der Waals surface area contributed by atoms with Gasteiger partial charge in [-0.1, -0.05) is 27.5 Å². The van der Waals surface area contributed by atoms with Gasteiger partial charge in [0.25, 0.3) is 0 Å². The predicted octanol–water partition coefficient (Wildman–Crippen LogP) is 6.31. The van der Waals surface area contributed by atoms with Crippen molar-refractivity contribution < 1.29 is 19.1 Å². The maximum Gasteiger partial charge on any atom is 0.306 e. The molecule has 2 saturated heterocycles. The number of pyridine rings is 1. The minimum absolute atomic E-state index is 0.0142. The number of hydrogen-bond donors (Lipinski definition) is 0. The number of likely N-dealkylation sites (tertiary alicyclic amines) is 2. The zero-order chi connectivity index (χ0) is 29.1. The molecule has 5 rings (SSSR count). The number of carbonyl (C=O) groups is 3. The van der Waals surface area contributed by atoms with Crippen LogP contribution in [0.4, 0.5) is 0 Å². The minimum atomic E-state index is -0.364. The third-order valence-electron chi connectivity index (χ3n) is 8.98. The highest BCUT2D eigenvalue weighted by Gasteiger charge is 2.37. The van der Waals surface area contributed by atoms with Crippen LogP contribution >= 0.6 is 43.5 Å². The topological polar surface area (TPSA) is 79.8 Å². The van der Waals surface area contributed by atoms with Crippen molar-refractivity contribution in [3.05, 3.63) is 60.7 Å². The highest BCUT2D eigenvalue weighted by atomic mass is 79.9. The number of aryl methyl sites for hydroxylation is 2. The first kappa shape index (κ1) is 30.5. The first-order chi connectivity index (χ1) is 19.7. The molecule has 3 aliphatic rings. The number of halogens is 3. The molecule has 41 heavy (non-hydrogen) atoms. The van der Waals surface area contributed by atoms with Crippen LogP contribution in [-0.4, -0.2) is 65.9 Å². The summed E-state index contributed by atoms with van der Waals surface area (Å²) in [6.45, 7) is 2.78. The molecule has 2 fully saturated rings. The van der Waals surface area contributed by atoms with E-state index in [1.165, 1.54) is 23.8 Å². The Kier molecular flexibility index (Phi) is 10.1. The van der Waals surface area contributed by atoms with Gasteiger partial charge in [0.15, 0.2) is 0 Å². The van der Waals surface area contributed by atoms with Gasteiger partial charge in [-0.25, -0.2) is 0 Å². The number of methoxy groups -OCH3 is 1. The predicted molar refractivity (Wildman–Crippen MR) is 165 cm³/mol. The van der Waals surface area contributed by atoms with Crippen LogP contribution in [0.1, 0.15) is 73.2 Å². The third kappa shape index (κ3) is 7.16. The van der Waals surface area contributed by atoms with Crippen LogP contribution < -0.4 is 0 Å². The van der Waals surface area contributed by atoms with Crippen molar-refractivity contribution in [2.24, 2.45) is 11.8 Å². The van der Waals surface area contributed by atoms with E-state index in [4.69, 9.17) is 16.6 Å². The fourth-order valence-electron chi connectivity index (χ4n) is 6.74. The highest BCUT2D eigenvalue weighted by molar-refractivity contribution is 9.10. The van der Waals surface area contributed by atoms with Crippen molar-refractivity contribution in [3.8, 4) is 0 Å². The van der Waals surface area contributed by atoms with Crippen LogP contribution in [0.2, 0.25) is 5.02 Å². The number of nitrogens with zero attached hydrogens (tertiary/aromatic N) is 3. The zero-order valence-corrected chi connectivity index (χ0v) is 27.3. The number of aromatic nitrogens is 1. The smallest absolute Gasteiger partial charge is 0.306 e. The number of carbonyl (C=O) groups excluding carboxylic acids is 3. The summed E-state index contributed by atoms with van der Waals surface area (Å²) < 4.78 is 6.67. The number of amides is 2. The molecule has 0 radical (unpaired) electrons. The SMILES string of the molecule is COC(=O)CCC(=O)N1CCC(CC(=O)N2CCC([C@H]3c4ncc(Br)cc4CCc4cc(Cl)cc(Br)c43)CC2)CC1. The summed E-state index contributed by atoms with van der Waals surface area (Å²) in [6.07, 6.45) is 8.05. The second-order valence-electron chi connectivity index (χ2n) is 11.5. The Hall–Kier alpha value is -1.97.